The van der Waals surface area contributed by atoms with E-state index in [2.05, 4.69) is 0 Å². The summed E-state index contributed by atoms with van der Waals surface area (Å²) in [5.74, 6) is 1.89. The van der Waals surface area contributed by atoms with Gasteiger partial charge in [-0.05, 0) is 47.7 Å². The van der Waals surface area contributed by atoms with E-state index >= 15 is 0 Å². The number of rotatable bonds is 9. The fraction of sp³-hybridized carbons (Fsp3) is 0.462. The van der Waals surface area contributed by atoms with E-state index in [1.807, 2.05) is 26.0 Å². The van der Waals surface area contributed by atoms with Crippen molar-refractivity contribution in [1.29, 1.82) is 0 Å². The third kappa shape index (κ3) is 5.72. The highest BCUT2D eigenvalue weighted by atomic mass is 16.6. The number of benzene rings is 2. The lowest BCUT2D eigenvalue weighted by atomic mass is 9.92. The summed E-state index contributed by atoms with van der Waals surface area (Å²) in [5.41, 5.74) is 2.39. The first-order valence-electron chi connectivity index (χ1n) is 11.4. The van der Waals surface area contributed by atoms with Crippen LogP contribution < -0.4 is 18.9 Å². The number of carbonyl (C=O) groups is 2. The van der Waals surface area contributed by atoms with Gasteiger partial charge in [-0.25, -0.2) is 9.59 Å². The highest BCUT2D eigenvalue weighted by molar-refractivity contribution is 5.84. The van der Waals surface area contributed by atoms with Gasteiger partial charge in [-0.15, -0.1) is 0 Å². The van der Waals surface area contributed by atoms with Crippen LogP contribution in [-0.2, 0) is 27.3 Å². The molecule has 1 atom stereocenters. The van der Waals surface area contributed by atoms with Crippen LogP contribution in [0.5, 0.6) is 23.0 Å². The molecule has 190 valence electrons. The number of hydrogen-bond donors (Lipinski definition) is 0. The van der Waals surface area contributed by atoms with Crippen LogP contribution in [0.15, 0.2) is 30.3 Å². The molecule has 1 heterocycles. The van der Waals surface area contributed by atoms with Gasteiger partial charge in [0, 0.05) is 12.1 Å². The van der Waals surface area contributed by atoms with Gasteiger partial charge in [-0.3, -0.25) is 4.90 Å². The lowest BCUT2D eigenvalue weighted by Crippen LogP contribution is -2.44. The molecule has 9 nitrogen and oxygen atoms in total. The summed E-state index contributed by atoms with van der Waals surface area (Å²) in [6, 6.07) is 8.22. The van der Waals surface area contributed by atoms with E-state index < -0.39 is 18.1 Å². The SMILES string of the molecule is COC(=O)C1c2ccc(OCc3ccc(OC)c(OC)c3OC)cc2CCN1C(=O)OCC(C)C. The molecule has 0 spiro atoms. The molecule has 0 aromatic heterocycles. The molecular weight excluding hydrogens is 454 g/mol. The van der Waals surface area contributed by atoms with E-state index in [-0.39, 0.29) is 19.1 Å². The number of ether oxygens (including phenoxy) is 6. The minimum atomic E-state index is -0.872. The van der Waals surface area contributed by atoms with Crippen molar-refractivity contribution in [2.24, 2.45) is 5.92 Å². The predicted octanol–water partition coefficient (Wildman–Crippen LogP) is 4.16. The molecule has 0 saturated heterocycles. The normalized spacial score (nSPS) is 14.7. The summed E-state index contributed by atoms with van der Waals surface area (Å²) in [6.07, 6.45) is 0.0249. The third-order valence-electron chi connectivity index (χ3n) is 5.72. The van der Waals surface area contributed by atoms with E-state index in [9.17, 15) is 9.59 Å². The van der Waals surface area contributed by atoms with Gasteiger partial charge in [0.2, 0.25) is 5.75 Å². The van der Waals surface area contributed by atoms with E-state index in [0.29, 0.717) is 41.5 Å². The van der Waals surface area contributed by atoms with Gasteiger partial charge in [0.1, 0.15) is 12.4 Å². The number of nitrogens with zero attached hydrogens (tertiary/aromatic N) is 1. The van der Waals surface area contributed by atoms with E-state index in [1.165, 1.54) is 12.0 Å². The Morgan fingerprint density at radius 1 is 1.00 bits per heavy atom. The molecule has 0 fully saturated rings. The average molecular weight is 488 g/mol. The maximum atomic E-state index is 12.7. The van der Waals surface area contributed by atoms with Gasteiger partial charge in [0.05, 0.1) is 35.0 Å². The van der Waals surface area contributed by atoms with Crippen molar-refractivity contribution in [3.05, 3.63) is 47.0 Å². The maximum Gasteiger partial charge on any atom is 0.410 e. The van der Waals surface area contributed by atoms with Crippen molar-refractivity contribution >= 4 is 12.1 Å². The van der Waals surface area contributed by atoms with E-state index in [4.69, 9.17) is 28.4 Å². The van der Waals surface area contributed by atoms with Crippen LogP contribution >= 0.6 is 0 Å². The molecular formula is C26H33NO8. The molecule has 9 heteroatoms. The number of carbonyl (C=O) groups excluding carboxylic acids is 2. The molecule has 0 bridgehead atoms. The van der Waals surface area contributed by atoms with Gasteiger partial charge in [-0.1, -0.05) is 19.9 Å². The summed E-state index contributed by atoms with van der Waals surface area (Å²) < 4.78 is 32.7. The van der Waals surface area contributed by atoms with Gasteiger partial charge in [0.15, 0.2) is 17.5 Å². The maximum absolute atomic E-state index is 12.7. The molecule has 0 N–H and O–H groups in total. The van der Waals surface area contributed by atoms with E-state index in [1.54, 1.807) is 39.5 Å². The number of hydrogen-bond acceptors (Lipinski definition) is 8. The molecule has 1 aliphatic heterocycles. The monoisotopic (exact) mass is 487 g/mol. The van der Waals surface area contributed by atoms with Crippen molar-refractivity contribution in [1.82, 2.24) is 4.90 Å². The van der Waals surface area contributed by atoms with Crippen LogP contribution in [0, 0.1) is 5.92 Å². The summed E-state index contributed by atoms with van der Waals surface area (Å²) in [7, 11) is 5.98. The second-order valence-electron chi connectivity index (χ2n) is 8.48. The van der Waals surface area contributed by atoms with Crippen molar-refractivity contribution < 1.29 is 38.0 Å². The van der Waals surface area contributed by atoms with Crippen LogP contribution in [0.1, 0.15) is 36.6 Å². The third-order valence-corrected chi connectivity index (χ3v) is 5.72. The summed E-state index contributed by atoms with van der Waals surface area (Å²) in [4.78, 5) is 26.7. The second kappa shape index (κ2) is 11.7. The standard InChI is InChI=1S/C26H33NO8/c1-16(2)14-35-26(29)27-12-11-17-13-19(8-9-20(17)22(27)25(28)33-6)34-15-18-7-10-21(30-3)24(32-5)23(18)31-4/h7-10,13,16,22H,11-12,14-15H2,1-6H3. The van der Waals surface area contributed by atoms with Crippen molar-refractivity contribution in [2.45, 2.75) is 32.9 Å². The van der Waals surface area contributed by atoms with Crippen molar-refractivity contribution in [3.63, 3.8) is 0 Å². The molecule has 3 rings (SSSR count). The molecule has 0 radical (unpaired) electrons. The molecule has 1 unspecified atom stereocenters. The lowest BCUT2D eigenvalue weighted by Gasteiger charge is -2.35. The van der Waals surface area contributed by atoms with Crippen LogP contribution in [-0.4, -0.2) is 58.6 Å². The average Bonchev–Trinajstić information content (AvgIpc) is 2.88. The highest BCUT2D eigenvalue weighted by Gasteiger charge is 2.38. The topological polar surface area (TPSA) is 92.8 Å². The van der Waals surface area contributed by atoms with Crippen molar-refractivity contribution in [3.8, 4) is 23.0 Å². The number of fused-ring (bicyclic) bond motifs is 1. The summed E-state index contributed by atoms with van der Waals surface area (Å²) >= 11 is 0. The Morgan fingerprint density at radius 2 is 1.74 bits per heavy atom. The Morgan fingerprint density at radius 3 is 2.37 bits per heavy atom. The van der Waals surface area contributed by atoms with Crippen LogP contribution in [0.4, 0.5) is 4.79 Å². The zero-order chi connectivity index (χ0) is 25.5. The van der Waals surface area contributed by atoms with Gasteiger partial charge in [0.25, 0.3) is 0 Å². The quantitative estimate of drug-likeness (QED) is 0.487. The second-order valence-corrected chi connectivity index (χ2v) is 8.48. The highest BCUT2D eigenvalue weighted by Crippen LogP contribution is 2.40. The number of esters is 1. The Balaban J connectivity index is 1.81. The number of methoxy groups -OCH3 is 4. The fourth-order valence-corrected chi connectivity index (χ4v) is 4.01. The molecule has 0 aliphatic carbocycles. The molecule has 1 aliphatic rings. The minimum absolute atomic E-state index is 0.191. The first kappa shape index (κ1) is 26.0. The molecule has 35 heavy (non-hydrogen) atoms. The van der Waals surface area contributed by atoms with Gasteiger partial charge >= 0.3 is 12.1 Å². The summed E-state index contributed by atoms with van der Waals surface area (Å²) in [6.45, 7) is 4.75. The largest absolute Gasteiger partial charge is 0.493 e. The first-order valence-corrected chi connectivity index (χ1v) is 11.4. The Kier molecular flexibility index (Phi) is 8.68. The van der Waals surface area contributed by atoms with Crippen LogP contribution in [0.2, 0.25) is 0 Å². The first-order chi connectivity index (χ1) is 16.8. The molecule has 0 saturated carbocycles. The Bertz CT molecular complexity index is 1050. The Hall–Kier alpha value is -3.62. The van der Waals surface area contributed by atoms with Crippen LogP contribution in [0.25, 0.3) is 0 Å². The minimum Gasteiger partial charge on any atom is -0.493 e. The fourth-order valence-electron chi connectivity index (χ4n) is 4.01. The van der Waals surface area contributed by atoms with Gasteiger partial charge in [-0.2, -0.15) is 0 Å². The zero-order valence-electron chi connectivity index (χ0n) is 21.1. The number of amides is 1. The zero-order valence-corrected chi connectivity index (χ0v) is 21.1. The smallest absolute Gasteiger partial charge is 0.410 e. The molecule has 2 aromatic carbocycles. The molecule has 2 aromatic rings. The summed E-state index contributed by atoms with van der Waals surface area (Å²) in [5, 5.41) is 0. The Labute approximate surface area is 205 Å². The van der Waals surface area contributed by atoms with E-state index in [0.717, 1.165) is 11.1 Å². The lowest BCUT2D eigenvalue weighted by molar-refractivity contribution is -0.147. The molecule has 1 amide bonds. The van der Waals surface area contributed by atoms with Gasteiger partial charge < -0.3 is 28.4 Å². The predicted molar refractivity (Wildman–Crippen MR) is 128 cm³/mol. The van der Waals surface area contributed by atoms with Crippen molar-refractivity contribution in [2.75, 3.05) is 41.6 Å². The van der Waals surface area contributed by atoms with Crippen LogP contribution in [0.3, 0.4) is 0 Å².